The van der Waals surface area contributed by atoms with Crippen LogP contribution in [0.4, 0.5) is 16.2 Å². The van der Waals surface area contributed by atoms with Gasteiger partial charge in [0, 0.05) is 47.1 Å². The minimum Gasteiger partial charge on any atom is -0.493 e. The Balaban J connectivity index is 1.23. The highest BCUT2D eigenvalue weighted by Gasteiger charge is 2.29. The van der Waals surface area contributed by atoms with Crippen LogP contribution in [0.1, 0.15) is 48.3 Å². The van der Waals surface area contributed by atoms with Gasteiger partial charge in [-0.15, -0.1) is 11.6 Å². The number of unbranched alkanes of at least 4 members (excludes halogenated alkanes) is 1. The second kappa shape index (κ2) is 10.6. The van der Waals surface area contributed by atoms with Crippen LogP contribution in [0.2, 0.25) is 0 Å². The highest BCUT2D eigenvalue weighted by atomic mass is 35.5. The van der Waals surface area contributed by atoms with Gasteiger partial charge >= 0.3 is 6.09 Å². The lowest BCUT2D eigenvalue weighted by atomic mass is 9.95. The van der Waals surface area contributed by atoms with Crippen LogP contribution in [0, 0.1) is 0 Å². The van der Waals surface area contributed by atoms with Gasteiger partial charge < -0.3 is 14.8 Å². The first-order valence-electron chi connectivity index (χ1n) is 13.3. The van der Waals surface area contributed by atoms with Crippen molar-refractivity contribution in [2.45, 2.75) is 31.6 Å². The van der Waals surface area contributed by atoms with Gasteiger partial charge in [-0.1, -0.05) is 67.9 Å². The van der Waals surface area contributed by atoms with Crippen LogP contribution in [0.5, 0.6) is 5.75 Å². The molecule has 6 heteroatoms. The van der Waals surface area contributed by atoms with Crippen LogP contribution in [-0.2, 0) is 4.74 Å². The number of nitrogens with one attached hydrogen (secondary N) is 2. The quantitative estimate of drug-likeness (QED) is 0.180. The summed E-state index contributed by atoms with van der Waals surface area (Å²) in [6, 6.07) is 24.7. The molecule has 6 rings (SSSR count). The van der Waals surface area contributed by atoms with Gasteiger partial charge in [-0.05, 0) is 51.8 Å². The first kappa shape index (κ1) is 24.6. The van der Waals surface area contributed by atoms with E-state index in [1.165, 1.54) is 27.8 Å². The van der Waals surface area contributed by atoms with Crippen LogP contribution in [0.15, 0.2) is 72.8 Å². The van der Waals surface area contributed by atoms with Crippen molar-refractivity contribution in [2.24, 2.45) is 0 Å². The molecule has 0 bridgehead atoms. The second-order valence-electron chi connectivity index (χ2n) is 9.98. The Kier molecular flexibility index (Phi) is 6.86. The maximum absolute atomic E-state index is 12.9. The molecule has 1 aliphatic heterocycles. The van der Waals surface area contributed by atoms with Crippen LogP contribution in [0.3, 0.4) is 0 Å². The molecule has 0 radical (unpaired) electrons. The van der Waals surface area contributed by atoms with E-state index in [0.29, 0.717) is 18.2 Å². The smallest absolute Gasteiger partial charge is 0.411 e. The Hall–Kier alpha value is -3.70. The fourth-order valence-electron chi connectivity index (χ4n) is 5.74. The van der Waals surface area contributed by atoms with E-state index in [-0.39, 0.29) is 18.4 Å². The van der Waals surface area contributed by atoms with Crippen molar-refractivity contribution < 1.29 is 14.3 Å². The lowest BCUT2D eigenvalue weighted by Crippen LogP contribution is -2.17. The largest absolute Gasteiger partial charge is 0.493 e. The Morgan fingerprint density at radius 3 is 2.45 bits per heavy atom. The third-order valence-corrected chi connectivity index (χ3v) is 7.99. The number of halogens is 1. The average Bonchev–Trinajstić information content (AvgIpc) is 3.51. The van der Waals surface area contributed by atoms with Gasteiger partial charge in [0.2, 0.25) is 0 Å². The zero-order chi connectivity index (χ0) is 26.1. The van der Waals surface area contributed by atoms with Crippen LogP contribution >= 0.6 is 11.6 Å². The van der Waals surface area contributed by atoms with Crippen LogP contribution < -0.4 is 15.4 Å². The molecular weight excluding hydrogens is 496 g/mol. The molecule has 5 nitrogen and oxygen atoms in total. The van der Waals surface area contributed by atoms with E-state index in [4.69, 9.17) is 21.1 Å². The summed E-state index contributed by atoms with van der Waals surface area (Å²) < 4.78 is 11.9. The molecule has 2 N–H and O–H groups in total. The number of hydrogen-bond donors (Lipinski definition) is 2. The number of amides is 1. The first-order chi connectivity index (χ1) is 18.7. The summed E-state index contributed by atoms with van der Waals surface area (Å²) in [4.78, 5) is 12.9. The summed E-state index contributed by atoms with van der Waals surface area (Å²) in [5.74, 6) is 1.61. The molecule has 2 aliphatic rings. The molecule has 1 aliphatic carbocycles. The molecule has 0 aromatic heterocycles. The molecule has 4 aromatic carbocycles. The first-order valence-corrected chi connectivity index (χ1v) is 13.9. The summed E-state index contributed by atoms with van der Waals surface area (Å²) in [6.07, 6.45) is 1.57. The number of carbonyl (C=O) groups is 1. The van der Waals surface area contributed by atoms with E-state index in [9.17, 15) is 4.79 Å². The number of anilines is 2. The van der Waals surface area contributed by atoms with Crippen molar-refractivity contribution in [3.8, 4) is 16.9 Å². The van der Waals surface area contributed by atoms with E-state index < -0.39 is 6.09 Å². The summed E-state index contributed by atoms with van der Waals surface area (Å²) in [7, 11) is 0. The van der Waals surface area contributed by atoms with E-state index in [1.54, 1.807) is 0 Å². The van der Waals surface area contributed by atoms with E-state index in [1.807, 2.05) is 42.5 Å². The maximum Gasteiger partial charge on any atom is 0.411 e. The number of carbonyl (C=O) groups excluding carboxylic acids is 1. The summed E-state index contributed by atoms with van der Waals surface area (Å²) in [5, 5.41) is 8.48. The minimum atomic E-state index is -0.471. The SMILES string of the molecule is CCCCOc1cc2c(c3ccc(NC(=O)OCC4c5ccccc5-c5ccccc54)cc13)C(CCl)CN2. The van der Waals surface area contributed by atoms with Crippen LogP contribution in [0.25, 0.3) is 21.9 Å². The molecule has 194 valence electrons. The van der Waals surface area contributed by atoms with Crippen molar-refractivity contribution in [1.82, 2.24) is 0 Å². The molecule has 0 saturated carbocycles. The van der Waals surface area contributed by atoms with Crippen molar-refractivity contribution in [3.05, 3.63) is 89.5 Å². The van der Waals surface area contributed by atoms with E-state index in [2.05, 4.69) is 47.9 Å². The molecule has 4 aromatic rings. The molecule has 0 saturated heterocycles. The molecule has 1 heterocycles. The minimum absolute atomic E-state index is 0.0193. The topological polar surface area (TPSA) is 59.6 Å². The van der Waals surface area contributed by atoms with Crippen molar-refractivity contribution in [1.29, 1.82) is 0 Å². The lowest BCUT2D eigenvalue weighted by molar-refractivity contribution is 0.158. The molecule has 38 heavy (non-hydrogen) atoms. The summed E-state index contributed by atoms with van der Waals surface area (Å²) >= 11 is 6.29. The predicted molar refractivity (Wildman–Crippen MR) is 155 cm³/mol. The highest BCUT2D eigenvalue weighted by Crippen LogP contribution is 2.45. The molecule has 0 fully saturated rings. The monoisotopic (exact) mass is 526 g/mol. The van der Waals surface area contributed by atoms with E-state index in [0.717, 1.165) is 41.6 Å². The number of rotatable bonds is 8. The Morgan fingerprint density at radius 1 is 1.00 bits per heavy atom. The predicted octanol–water partition coefficient (Wildman–Crippen LogP) is 8.13. The molecule has 1 unspecified atom stereocenters. The van der Waals surface area contributed by atoms with Gasteiger partial charge in [-0.2, -0.15) is 0 Å². The zero-order valence-electron chi connectivity index (χ0n) is 21.4. The molecule has 1 atom stereocenters. The standard InChI is InChI=1S/C32H31ClN2O3/c1-2-3-14-37-30-16-29-31(20(17-33)18-34-29)26-13-12-21(15-27(26)30)35-32(36)38-19-28-24-10-6-4-8-22(24)23-9-5-7-11-25(23)28/h4-13,15-16,20,28,34H,2-3,14,17-19H2,1H3,(H,35,36). The third-order valence-electron chi connectivity index (χ3n) is 7.62. The van der Waals surface area contributed by atoms with Crippen molar-refractivity contribution >= 4 is 39.8 Å². The normalized spacial score (nSPS) is 15.5. The van der Waals surface area contributed by atoms with Gasteiger partial charge in [0.1, 0.15) is 12.4 Å². The van der Waals surface area contributed by atoms with Crippen LogP contribution in [-0.4, -0.2) is 31.7 Å². The third kappa shape index (κ3) is 4.45. The van der Waals surface area contributed by atoms with Gasteiger partial charge in [0.25, 0.3) is 0 Å². The molecular formula is C32H31ClN2O3. The zero-order valence-corrected chi connectivity index (χ0v) is 22.2. The van der Waals surface area contributed by atoms with Gasteiger partial charge in [-0.3, -0.25) is 5.32 Å². The van der Waals surface area contributed by atoms with E-state index >= 15 is 0 Å². The van der Waals surface area contributed by atoms with Gasteiger partial charge in [0.15, 0.2) is 0 Å². The van der Waals surface area contributed by atoms with Gasteiger partial charge in [-0.25, -0.2) is 4.79 Å². The number of fused-ring (bicyclic) bond motifs is 6. The fourth-order valence-corrected chi connectivity index (χ4v) is 6.01. The number of hydrogen-bond acceptors (Lipinski definition) is 4. The molecule has 1 amide bonds. The Bertz CT molecular complexity index is 1460. The number of alkyl halides is 1. The second-order valence-corrected chi connectivity index (χ2v) is 10.3. The fraction of sp³-hybridized carbons (Fsp3) is 0.281. The highest BCUT2D eigenvalue weighted by molar-refractivity contribution is 6.18. The lowest BCUT2D eigenvalue weighted by Gasteiger charge is -2.17. The Labute approximate surface area is 228 Å². The maximum atomic E-state index is 12.9. The number of ether oxygens (including phenoxy) is 2. The molecule has 0 spiro atoms. The number of benzene rings is 4. The van der Waals surface area contributed by atoms with Crippen molar-refractivity contribution in [3.63, 3.8) is 0 Å². The van der Waals surface area contributed by atoms with Gasteiger partial charge in [0.05, 0.1) is 6.61 Å². The van der Waals surface area contributed by atoms with Crippen molar-refractivity contribution in [2.75, 3.05) is 36.3 Å². The Morgan fingerprint density at radius 2 is 1.74 bits per heavy atom. The summed E-state index contributed by atoms with van der Waals surface area (Å²) in [5.41, 5.74) is 7.76. The summed E-state index contributed by atoms with van der Waals surface area (Å²) in [6.45, 7) is 3.88. The average molecular weight is 527 g/mol.